The molecule has 6 nitrogen and oxygen atoms in total. The van der Waals surface area contributed by atoms with E-state index in [0.29, 0.717) is 22.0 Å². The lowest BCUT2D eigenvalue weighted by Gasteiger charge is -2.13. The fraction of sp³-hybridized carbons (Fsp3) is 0.100. The Labute approximate surface area is 229 Å². The molecular weight excluding hydrogens is 520 g/mol. The molecule has 3 amide bonds. The Morgan fingerprint density at radius 3 is 2.61 bits per heavy atom. The molecule has 0 bridgehead atoms. The smallest absolute Gasteiger partial charge is 0.293 e. The molecule has 4 aromatic carbocycles. The summed E-state index contributed by atoms with van der Waals surface area (Å²) in [6.07, 6.45) is 1.57. The quantitative estimate of drug-likeness (QED) is 0.253. The highest BCUT2D eigenvalue weighted by Crippen LogP contribution is 2.36. The Hall–Kier alpha value is -4.07. The van der Waals surface area contributed by atoms with E-state index in [1.807, 2.05) is 67.6 Å². The highest BCUT2D eigenvalue weighted by Gasteiger charge is 2.35. The number of ether oxygens (including phenoxy) is 1. The van der Waals surface area contributed by atoms with E-state index in [-0.39, 0.29) is 29.2 Å². The van der Waals surface area contributed by atoms with Gasteiger partial charge in [-0.3, -0.25) is 19.3 Å². The molecule has 0 aromatic heterocycles. The van der Waals surface area contributed by atoms with E-state index in [1.165, 1.54) is 4.90 Å². The van der Waals surface area contributed by atoms with E-state index in [1.54, 1.807) is 30.3 Å². The molecule has 0 aliphatic carbocycles. The normalized spacial score (nSPS) is 14.4. The maximum Gasteiger partial charge on any atom is 0.293 e. The minimum absolute atomic E-state index is 0.172. The fourth-order valence-electron chi connectivity index (χ4n) is 4.12. The van der Waals surface area contributed by atoms with E-state index in [2.05, 4.69) is 5.32 Å². The van der Waals surface area contributed by atoms with Crippen molar-refractivity contribution in [2.75, 3.05) is 11.9 Å². The third-order valence-electron chi connectivity index (χ3n) is 5.95. The first kappa shape index (κ1) is 25.6. The minimum atomic E-state index is -0.392. The summed E-state index contributed by atoms with van der Waals surface area (Å²) >= 11 is 7.06. The van der Waals surface area contributed by atoms with Crippen LogP contribution in [0.15, 0.2) is 89.8 Å². The predicted octanol–water partition coefficient (Wildman–Crippen LogP) is 7.06. The Bertz CT molecular complexity index is 1600. The van der Waals surface area contributed by atoms with Gasteiger partial charge in [0.25, 0.3) is 17.1 Å². The van der Waals surface area contributed by atoms with Gasteiger partial charge in [-0.05, 0) is 83.1 Å². The number of hydrogen-bond donors (Lipinski definition) is 1. The summed E-state index contributed by atoms with van der Waals surface area (Å²) in [5.41, 5.74) is 3.06. The number of fused-ring (bicyclic) bond motifs is 1. The van der Waals surface area contributed by atoms with Gasteiger partial charge in [0.2, 0.25) is 0 Å². The molecule has 1 aliphatic rings. The molecule has 0 unspecified atom stereocenters. The molecule has 1 saturated heterocycles. The molecule has 0 radical (unpaired) electrons. The van der Waals surface area contributed by atoms with Gasteiger partial charge in [-0.2, -0.15) is 0 Å². The Morgan fingerprint density at radius 2 is 1.79 bits per heavy atom. The molecule has 0 atom stereocenters. The van der Waals surface area contributed by atoms with Gasteiger partial charge in [0.15, 0.2) is 6.61 Å². The molecular formula is C30H23ClN2O4S. The van der Waals surface area contributed by atoms with Gasteiger partial charge in [0.1, 0.15) is 5.75 Å². The van der Waals surface area contributed by atoms with E-state index in [9.17, 15) is 14.4 Å². The van der Waals surface area contributed by atoms with Crippen molar-refractivity contribution in [3.63, 3.8) is 0 Å². The van der Waals surface area contributed by atoms with Crippen molar-refractivity contribution >= 4 is 63.0 Å². The summed E-state index contributed by atoms with van der Waals surface area (Å²) in [4.78, 5) is 39.8. The maximum atomic E-state index is 13.2. The van der Waals surface area contributed by atoms with Crippen LogP contribution in [0.1, 0.15) is 16.7 Å². The molecule has 0 spiro atoms. The van der Waals surface area contributed by atoms with Crippen molar-refractivity contribution in [1.82, 2.24) is 4.90 Å². The largest absolute Gasteiger partial charge is 0.483 e. The van der Waals surface area contributed by atoms with Crippen molar-refractivity contribution in [2.45, 2.75) is 13.5 Å². The average molecular weight is 543 g/mol. The number of anilines is 1. The molecule has 1 aliphatic heterocycles. The van der Waals surface area contributed by atoms with Gasteiger partial charge in [0, 0.05) is 16.3 Å². The van der Waals surface area contributed by atoms with Gasteiger partial charge in [-0.25, -0.2) is 0 Å². The number of imide groups is 1. The Kier molecular flexibility index (Phi) is 7.49. The predicted molar refractivity (Wildman–Crippen MR) is 152 cm³/mol. The summed E-state index contributed by atoms with van der Waals surface area (Å²) in [6, 6.07) is 26.2. The Morgan fingerprint density at radius 1 is 0.974 bits per heavy atom. The first-order valence-corrected chi connectivity index (χ1v) is 13.1. The van der Waals surface area contributed by atoms with E-state index in [0.717, 1.165) is 33.7 Å². The van der Waals surface area contributed by atoms with Crippen LogP contribution < -0.4 is 10.1 Å². The summed E-state index contributed by atoms with van der Waals surface area (Å²) in [5.74, 6) is -0.349. The Balaban J connectivity index is 1.30. The van der Waals surface area contributed by atoms with Crippen LogP contribution in [0.2, 0.25) is 5.02 Å². The second-order valence-corrected chi connectivity index (χ2v) is 10.3. The van der Waals surface area contributed by atoms with Crippen LogP contribution in [-0.4, -0.2) is 28.6 Å². The third-order valence-corrected chi connectivity index (χ3v) is 7.09. The number of carbonyl (C=O) groups excluding carboxylic acids is 3. The summed E-state index contributed by atoms with van der Waals surface area (Å²) in [7, 11) is 0. The van der Waals surface area contributed by atoms with E-state index < -0.39 is 5.91 Å². The SMILES string of the molecule is Cc1cccc(NC(=O)COc2ccc(Cl)cc2/C=C2\SC(=O)N(Cc3ccc4ccccc4c3)C2=O)c1. The van der Waals surface area contributed by atoms with Crippen LogP contribution in [-0.2, 0) is 16.1 Å². The summed E-state index contributed by atoms with van der Waals surface area (Å²) < 4.78 is 5.76. The van der Waals surface area contributed by atoms with E-state index in [4.69, 9.17) is 16.3 Å². The number of rotatable bonds is 7. The van der Waals surface area contributed by atoms with Gasteiger partial charge >= 0.3 is 0 Å². The first-order valence-electron chi connectivity index (χ1n) is 11.9. The van der Waals surface area contributed by atoms with Gasteiger partial charge < -0.3 is 10.1 Å². The minimum Gasteiger partial charge on any atom is -0.483 e. The van der Waals surface area contributed by atoms with Crippen molar-refractivity contribution in [1.29, 1.82) is 0 Å². The fourth-order valence-corrected chi connectivity index (χ4v) is 5.13. The number of benzene rings is 4. The number of halogens is 1. The van der Waals surface area contributed by atoms with Crippen LogP contribution >= 0.6 is 23.4 Å². The van der Waals surface area contributed by atoms with Gasteiger partial charge in [-0.15, -0.1) is 0 Å². The molecule has 38 heavy (non-hydrogen) atoms. The lowest BCUT2D eigenvalue weighted by atomic mass is 10.1. The maximum absolute atomic E-state index is 13.2. The molecule has 4 aromatic rings. The van der Waals surface area contributed by atoms with E-state index >= 15 is 0 Å². The zero-order valence-corrected chi connectivity index (χ0v) is 22.0. The number of nitrogens with one attached hydrogen (secondary N) is 1. The molecule has 8 heteroatoms. The molecule has 190 valence electrons. The van der Waals surface area contributed by atoms with Crippen LogP contribution in [0, 0.1) is 6.92 Å². The van der Waals surface area contributed by atoms with Crippen LogP contribution in [0.4, 0.5) is 10.5 Å². The summed E-state index contributed by atoms with van der Waals surface area (Å²) in [6.45, 7) is 1.88. The molecule has 1 heterocycles. The number of aryl methyl sites for hydroxylation is 1. The molecule has 1 fully saturated rings. The third kappa shape index (κ3) is 5.90. The first-order chi connectivity index (χ1) is 18.4. The number of thioether (sulfide) groups is 1. The molecule has 5 rings (SSSR count). The van der Waals surface area contributed by atoms with Crippen molar-refractivity contribution in [3.05, 3.63) is 112 Å². The van der Waals surface area contributed by atoms with Gasteiger partial charge in [-0.1, -0.05) is 60.1 Å². The zero-order chi connectivity index (χ0) is 26.6. The number of carbonyl (C=O) groups is 3. The van der Waals surface area contributed by atoms with Crippen LogP contribution in [0.3, 0.4) is 0 Å². The van der Waals surface area contributed by atoms with Crippen LogP contribution in [0.25, 0.3) is 16.8 Å². The average Bonchev–Trinajstić information content (AvgIpc) is 3.15. The standard InChI is InChI=1S/C30H23ClN2O4S/c1-19-5-4-8-25(13-19)32-28(34)18-37-26-12-11-24(31)15-23(26)16-27-29(35)33(30(36)38-27)17-20-9-10-21-6-2-3-7-22(21)14-20/h2-16H,17-18H2,1H3,(H,32,34)/b27-16-. The van der Waals surface area contributed by atoms with Crippen molar-refractivity contribution in [3.8, 4) is 5.75 Å². The van der Waals surface area contributed by atoms with Gasteiger partial charge in [0.05, 0.1) is 11.4 Å². The lowest BCUT2D eigenvalue weighted by molar-refractivity contribution is -0.123. The molecule has 0 saturated carbocycles. The van der Waals surface area contributed by atoms with Crippen molar-refractivity contribution in [2.24, 2.45) is 0 Å². The zero-order valence-electron chi connectivity index (χ0n) is 20.4. The number of hydrogen-bond acceptors (Lipinski definition) is 5. The topological polar surface area (TPSA) is 75.7 Å². The second-order valence-electron chi connectivity index (χ2n) is 8.84. The number of nitrogens with zero attached hydrogens (tertiary/aromatic N) is 1. The van der Waals surface area contributed by atoms with Crippen LogP contribution in [0.5, 0.6) is 5.75 Å². The second kappa shape index (κ2) is 11.1. The molecule has 1 N–H and O–H groups in total. The monoisotopic (exact) mass is 542 g/mol. The van der Waals surface area contributed by atoms with Crippen molar-refractivity contribution < 1.29 is 19.1 Å². The lowest BCUT2D eigenvalue weighted by Crippen LogP contribution is -2.27. The number of amides is 3. The highest BCUT2D eigenvalue weighted by molar-refractivity contribution is 8.18. The summed E-state index contributed by atoms with van der Waals surface area (Å²) in [5, 5.41) is 5.01. The highest BCUT2D eigenvalue weighted by atomic mass is 35.5.